The third-order valence-electron chi connectivity index (χ3n) is 9.48. The third-order valence-corrected chi connectivity index (χ3v) is 9.48. The van der Waals surface area contributed by atoms with Crippen LogP contribution in [0.15, 0.2) is 30.3 Å². The van der Waals surface area contributed by atoms with Gasteiger partial charge in [0, 0.05) is 19.9 Å². The minimum absolute atomic E-state index is 0.0408. The Morgan fingerprint density at radius 2 is 1.32 bits per heavy atom. The van der Waals surface area contributed by atoms with E-state index in [1.807, 2.05) is 30.3 Å². The van der Waals surface area contributed by atoms with E-state index in [4.69, 9.17) is 4.74 Å². The highest BCUT2D eigenvalue weighted by Gasteiger charge is 2.44. The van der Waals surface area contributed by atoms with Gasteiger partial charge in [-0.05, 0) is 23.8 Å². The highest BCUT2D eigenvalue weighted by Crippen LogP contribution is 2.25. The van der Waals surface area contributed by atoms with E-state index in [0.29, 0.717) is 12.8 Å². The molecule has 1 unspecified atom stereocenters. The lowest BCUT2D eigenvalue weighted by Crippen LogP contribution is -2.61. The van der Waals surface area contributed by atoms with E-state index in [1.165, 1.54) is 4.90 Å². The number of carboxylic acids is 3. The zero-order valence-corrected chi connectivity index (χ0v) is 33.1. The fourth-order valence-corrected chi connectivity index (χ4v) is 6.19. The van der Waals surface area contributed by atoms with E-state index in [0.717, 1.165) is 12.5 Å². The molecule has 0 spiro atoms. The van der Waals surface area contributed by atoms with E-state index < -0.39 is 120 Å². The Morgan fingerprint density at radius 3 is 1.82 bits per heavy atom. The number of aliphatic carboxylic acids is 3. The van der Waals surface area contributed by atoms with Gasteiger partial charge >= 0.3 is 17.9 Å². The van der Waals surface area contributed by atoms with Crippen LogP contribution in [-0.2, 0) is 54.5 Å². The quantitative estimate of drug-likeness (QED) is 0.0732. The van der Waals surface area contributed by atoms with Crippen molar-refractivity contribution in [2.75, 3.05) is 6.54 Å². The zero-order chi connectivity index (χ0) is 43.0. The molecule has 1 saturated heterocycles. The Morgan fingerprint density at radius 1 is 0.754 bits per heavy atom. The molecule has 0 saturated carbocycles. The van der Waals surface area contributed by atoms with Gasteiger partial charge < -0.3 is 51.5 Å². The molecule has 1 aromatic rings. The van der Waals surface area contributed by atoms with E-state index in [9.17, 15) is 58.5 Å². The summed E-state index contributed by atoms with van der Waals surface area (Å²) in [4.78, 5) is 116. The number of benzene rings is 1. The van der Waals surface area contributed by atoms with Crippen LogP contribution >= 0.6 is 0 Å². The van der Waals surface area contributed by atoms with Crippen LogP contribution in [-0.4, -0.2) is 122 Å². The lowest BCUT2D eigenvalue weighted by molar-refractivity contribution is -0.146. The van der Waals surface area contributed by atoms with Crippen LogP contribution in [0.25, 0.3) is 0 Å². The van der Waals surface area contributed by atoms with E-state index >= 15 is 0 Å². The summed E-state index contributed by atoms with van der Waals surface area (Å²) < 4.78 is 6.08. The first kappa shape index (κ1) is 47.6. The smallest absolute Gasteiger partial charge is 0.326 e. The number of amides is 6. The maximum absolute atomic E-state index is 14.3. The van der Waals surface area contributed by atoms with Crippen molar-refractivity contribution in [3.8, 4) is 0 Å². The Labute approximate surface area is 331 Å². The second-order valence-electron chi connectivity index (χ2n) is 14.5. The minimum atomic E-state index is -1.80. The fourth-order valence-electron chi connectivity index (χ4n) is 6.19. The molecule has 2 rings (SSSR count). The second kappa shape index (κ2) is 22.8. The van der Waals surface area contributed by atoms with Crippen molar-refractivity contribution in [3.63, 3.8) is 0 Å². The predicted molar refractivity (Wildman–Crippen MR) is 202 cm³/mol. The molecule has 316 valence electrons. The van der Waals surface area contributed by atoms with E-state index in [1.54, 1.807) is 34.6 Å². The summed E-state index contributed by atoms with van der Waals surface area (Å²) in [5.41, 5.74) is 0.848. The number of carbonyl (C=O) groups is 9. The fraction of sp³-hybridized carbons (Fsp3) is 0.605. The molecule has 8 N–H and O–H groups in total. The van der Waals surface area contributed by atoms with Gasteiger partial charge in [-0.3, -0.25) is 38.4 Å². The normalized spacial score (nSPS) is 18.2. The van der Waals surface area contributed by atoms with E-state index in [-0.39, 0.29) is 26.0 Å². The monoisotopic (exact) mass is 804 g/mol. The van der Waals surface area contributed by atoms with Crippen LogP contribution in [0, 0.1) is 11.8 Å². The number of hydrogen-bond donors (Lipinski definition) is 8. The Balaban J connectivity index is 2.38. The molecule has 19 nitrogen and oxygen atoms in total. The van der Waals surface area contributed by atoms with Gasteiger partial charge in [-0.25, -0.2) is 4.79 Å². The molecule has 1 fully saturated rings. The van der Waals surface area contributed by atoms with Crippen molar-refractivity contribution >= 4 is 53.4 Å². The highest BCUT2D eigenvalue weighted by molar-refractivity contribution is 5.98. The number of likely N-dealkylation sites (tertiary alicyclic amines) is 1. The standard InChI is InChI=1S/C38H56N6O13/c1-7-12-25(38(55)56)40-35(52)28-15-24(57-19-23-13-10-9-11-14-23)18-44(28)37(54)31(20(3)4)42-36(53)32(21(5)8-2)43-34(51)27(17-30(48)49)41-33(50)26(16-29(46)47)39-22(6)45/h9-11,13-14,20-21,24-28,31-32H,7-8,12,15-19H2,1-6H3,(H,39,45)(H,40,52)(H,41,50)(H,42,53)(H,43,51)(H,46,47)(H,48,49)(H,55,56)/t21-,24?,25-,26-,27-,28-,31-,32-/m0/s1. The summed E-state index contributed by atoms with van der Waals surface area (Å²) in [7, 11) is 0. The summed E-state index contributed by atoms with van der Waals surface area (Å²) in [6, 6.07) is 0.764. The summed E-state index contributed by atoms with van der Waals surface area (Å²) in [5, 5.41) is 40.4. The number of rotatable bonds is 23. The number of nitrogens with one attached hydrogen (secondary N) is 5. The number of carboxylic acid groups (broad SMARTS) is 3. The van der Waals surface area contributed by atoms with E-state index in [2.05, 4.69) is 26.6 Å². The Hall–Kier alpha value is -5.59. The molecule has 0 radical (unpaired) electrons. The Bertz CT molecular complexity index is 1590. The van der Waals surface area contributed by atoms with Gasteiger partial charge in [0.15, 0.2) is 0 Å². The van der Waals surface area contributed by atoms with Crippen LogP contribution in [0.3, 0.4) is 0 Å². The molecule has 8 atom stereocenters. The minimum Gasteiger partial charge on any atom is -0.481 e. The molecule has 57 heavy (non-hydrogen) atoms. The second-order valence-corrected chi connectivity index (χ2v) is 14.5. The lowest BCUT2D eigenvalue weighted by Gasteiger charge is -2.33. The molecule has 0 bridgehead atoms. The van der Waals surface area contributed by atoms with Crippen molar-refractivity contribution in [1.29, 1.82) is 0 Å². The summed E-state index contributed by atoms with van der Waals surface area (Å²) in [5.74, 6) is -10.6. The number of hydrogen-bond acceptors (Lipinski definition) is 10. The maximum Gasteiger partial charge on any atom is 0.326 e. The topological polar surface area (TPSA) is 287 Å². The molecule has 1 aliphatic heterocycles. The summed E-state index contributed by atoms with van der Waals surface area (Å²) >= 11 is 0. The Kier molecular flexibility index (Phi) is 19.1. The van der Waals surface area contributed by atoms with Crippen LogP contribution in [0.2, 0.25) is 0 Å². The van der Waals surface area contributed by atoms with Gasteiger partial charge in [-0.1, -0.05) is 77.8 Å². The van der Waals surface area contributed by atoms with Crippen LogP contribution < -0.4 is 26.6 Å². The molecular weight excluding hydrogens is 748 g/mol. The number of carbonyl (C=O) groups excluding carboxylic acids is 6. The van der Waals surface area contributed by atoms with Crippen molar-refractivity contribution in [2.45, 2.75) is 129 Å². The van der Waals surface area contributed by atoms with Crippen molar-refractivity contribution in [3.05, 3.63) is 35.9 Å². The van der Waals surface area contributed by atoms with Gasteiger partial charge in [-0.15, -0.1) is 0 Å². The number of ether oxygens (including phenoxy) is 1. The average Bonchev–Trinajstić information content (AvgIpc) is 3.58. The van der Waals surface area contributed by atoms with Crippen molar-refractivity contribution in [1.82, 2.24) is 31.5 Å². The maximum atomic E-state index is 14.3. The van der Waals surface area contributed by atoms with Gasteiger partial charge in [0.1, 0.15) is 36.3 Å². The average molecular weight is 805 g/mol. The molecule has 0 aliphatic carbocycles. The van der Waals surface area contributed by atoms with Crippen molar-refractivity contribution < 1.29 is 63.2 Å². The molecule has 6 amide bonds. The first-order valence-corrected chi connectivity index (χ1v) is 18.9. The van der Waals surface area contributed by atoms with Crippen LogP contribution in [0.1, 0.15) is 85.6 Å². The lowest BCUT2D eigenvalue weighted by atomic mass is 9.95. The third kappa shape index (κ3) is 15.1. The SMILES string of the molecule is CCC[C@H](NC(=O)[C@@H]1CC(OCc2ccccc2)CN1C(=O)[C@@H](NC(=O)[C@@H](NC(=O)[C@H](CC(=O)O)NC(=O)[C@H](CC(=O)O)NC(C)=O)[C@@H](C)CC)C(C)C)C(=O)O. The molecule has 1 aliphatic rings. The van der Waals surface area contributed by atoms with Gasteiger partial charge in [0.25, 0.3) is 0 Å². The predicted octanol–water partition coefficient (Wildman–Crippen LogP) is 0.153. The first-order chi connectivity index (χ1) is 26.8. The van der Waals surface area contributed by atoms with Gasteiger partial charge in [0.2, 0.25) is 35.4 Å². The highest BCUT2D eigenvalue weighted by atomic mass is 16.5. The van der Waals surface area contributed by atoms with Crippen molar-refractivity contribution in [2.24, 2.45) is 11.8 Å². The molecule has 1 heterocycles. The first-order valence-electron chi connectivity index (χ1n) is 18.9. The van der Waals surface area contributed by atoms with Gasteiger partial charge in [-0.2, -0.15) is 0 Å². The zero-order valence-electron chi connectivity index (χ0n) is 33.1. The molecule has 1 aromatic carbocycles. The molecule has 0 aromatic heterocycles. The molecule has 19 heteroatoms. The summed E-state index contributed by atoms with van der Waals surface area (Å²) in [6.07, 6.45) is -1.49. The van der Waals surface area contributed by atoms with Crippen LogP contribution in [0.5, 0.6) is 0 Å². The summed E-state index contributed by atoms with van der Waals surface area (Å²) in [6.45, 7) is 9.55. The number of nitrogens with zero attached hydrogens (tertiary/aromatic N) is 1. The van der Waals surface area contributed by atoms with Gasteiger partial charge in [0.05, 0.1) is 25.6 Å². The largest absolute Gasteiger partial charge is 0.481 e. The van der Waals surface area contributed by atoms with Crippen LogP contribution in [0.4, 0.5) is 0 Å². The molecular formula is C38H56N6O13.